The van der Waals surface area contributed by atoms with Crippen molar-refractivity contribution in [1.82, 2.24) is 5.32 Å². The van der Waals surface area contributed by atoms with E-state index in [2.05, 4.69) is 16.7 Å². The van der Waals surface area contributed by atoms with Crippen LogP contribution in [0.25, 0.3) is 0 Å². The molecule has 1 amide bonds. The van der Waals surface area contributed by atoms with Crippen molar-refractivity contribution in [2.75, 3.05) is 18.4 Å². The summed E-state index contributed by atoms with van der Waals surface area (Å²) in [5.41, 5.74) is 1.87. The number of piperidine rings is 1. The maximum Gasteiger partial charge on any atom is 0.229 e. The number of thiophene rings is 1. The van der Waals surface area contributed by atoms with Crippen LogP contribution in [0.1, 0.15) is 35.3 Å². The lowest BCUT2D eigenvalue weighted by molar-refractivity contribution is -0.120. The first-order chi connectivity index (χ1) is 9.29. The molecule has 0 aromatic carbocycles. The van der Waals surface area contributed by atoms with Crippen molar-refractivity contribution in [3.05, 3.63) is 16.0 Å². The van der Waals surface area contributed by atoms with Crippen LogP contribution in [-0.2, 0) is 17.6 Å². The Kier molecular flexibility index (Phi) is 3.54. The minimum atomic E-state index is 0.0391. The molecule has 5 heteroatoms. The number of rotatable bonds is 2. The smallest absolute Gasteiger partial charge is 0.229 e. The van der Waals surface area contributed by atoms with Crippen LogP contribution in [-0.4, -0.2) is 19.0 Å². The molecule has 100 valence electrons. The van der Waals surface area contributed by atoms with E-state index in [4.69, 9.17) is 0 Å². The summed E-state index contributed by atoms with van der Waals surface area (Å²) < 4.78 is 0. The lowest BCUT2D eigenvalue weighted by Crippen LogP contribution is -2.37. The number of anilines is 1. The molecule has 2 N–H and O–H groups in total. The first kappa shape index (κ1) is 12.6. The molecule has 1 aliphatic carbocycles. The lowest BCUT2D eigenvalue weighted by Gasteiger charge is -2.21. The molecule has 1 saturated heterocycles. The number of nitriles is 1. The third-order valence-electron chi connectivity index (χ3n) is 3.94. The van der Waals surface area contributed by atoms with Crippen molar-refractivity contribution in [3.8, 4) is 6.07 Å². The summed E-state index contributed by atoms with van der Waals surface area (Å²) in [5, 5.41) is 16.3. The molecular weight excluding hydrogens is 258 g/mol. The average Bonchev–Trinajstić information content (AvgIpc) is 3.00. The van der Waals surface area contributed by atoms with E-state index in [1.165, 1.54) is 10.4 Å². The van der Waals surface area contributed by atoms with Crippen LogP contribution in [0.5, 0.6) is 0 Å². The number of hydrogen-bond acceptors (Lipinski definition) is 4. The Labute approximate surface area is 116 Å². The fourth-order valence-electron chi connectivity index (χ4n) is 2.90. The highest BCUT2D eigenvalue weighted by molar-refractivity contribution is 7.16. The topological polar surface area (TPSA) is 64.9 Å². The molecule has 3 rings (SSSR count). The molecule has 0 bridgehead atoms. The fourth-order valence-corrected chi connectivity index (χ4v) is 4.14. The highest BCUT2D eigenvalue weighted by Gasteiger charge is 2.26. The Morgan fingerprint density at radius 1 is 1.42 bits per heavy atom. The van der Waals surface area contributed by atoms with Crippen LogP contribution in [0, 0.1) is 17.2 Å². The van der Waals surface area contributed by atoms with Gasteiger partial charge < -0.3 is 10.6 Å². The molecule has 0 unspecified atom stereocenters. The minimum Gasteiger partial charge on any atom is -0.316 e. The van der Waals surface area contributed by atoms with Gasteiger partial charge in [0.05, 0.1) is 11.5 Å². The van der Waals surface area contributed by atoms with Gasteiger partial charge in [0.2, 0.25) is 5.91 Å². The van der Waals surface area contributed by atoms with Crippen LogP contribution in [0.4, 0.5) is 5.00 Å². The van der Waals surface area contributed by atoms with Crippen molar-refractivity contribution in [2.24, 2.45) is 5.92 Å². The first-order valence-corrected chi connectivity index (χ1v) is 7.67. The number of aryl methyl sites for hydroxylation is 1. The van der Waals surface area contributed by atoms with Gasteiger partial charge in [-0.15, -0.1) is 11.3 Å². The van der Waals surface area contributed by atoms with Crippen LogP contribution < -0.4 is 10.6 Å². The van der Waals surface area contributed by atoms with E-state index in [-0.39, 0.29) is 11.8 Å². The maximum absolute atomic E-state index is 12.2. The molecule has 1 aliphatic heterocycles. The molecular formula is C14H17N3OS. The van der Waals surface area contributed by atoms with E-state index in [0.29, 0.717) is 5.56 Å². The van der Waals surface area contributed by atoms with Crippen molar-refractivity contribution < 1.29 is 4.79 Å². The van der Waals surface area contributed by atoms with Crippen LogP contribution in [0.2, 0.25) is 0 Å². The predicted molar refractivity (Wildman–Crippen MR) is 75.3 cm³/mol. The molecule has 2 aliphatic rings. The van der Waals surface area contributed by atoms with E-state index >= 15 is 0 Å². The molecule has 2 heterocycles. The zero-order valence-corrected chi connectivity index (χ0v) is 11.6. The van der Waals surface area contributed by atoms with Gasteiger partial charge in [-0.2, -0.15) is 5.26 Å². The zero-order valence-electron chi connectivity index (χ0n) is 10.8. The Hall–Kier alpha value is -1.38. The molecule has 0 saturated carbocycles. The number of carbonyl (C=O) groups excluding carboxylic acids is 1. The summed E-state index contributed by atoms with van der Waals surface area (Å²) in [6.07, 6.45) is 5.15. The Bertz CT molecular complexity index is 538. The van der Waals surface area contributed by atoms with Crippen LogP contribution in [0.15, 0.2) is 0 Å². The third kappa shape index (κ3) is 2.38. The van der Waals surface area contributed by atoms with Gasteiger partial charge in [-0.3, -0.25) is 4.79 Å². The molecule has 0 radical (unpaired) electrons. The van der Waals surface area contributed by atoms with Crippen LogP contribution >= 0.6 is 11.3 Å². The molecule has 19 heavy (non-hydrogen) atoms. The number of nitrogens with one attached hydrogen (secondary N) is 2. The predicted octanol–water partition coefficient (Wildman–Crippen LogP) is 2.05. The quantitative estimate of drug-likeness (QED) is 0.868. The monoisotopic (exact) mass is 275 g/mol. The minimum absolute atomic E-state index is 0.0391. The van der Waals surface area contributed by atoms with E-state index in [0.717, 1.165) is 50.2 Å². The second-order valence-electron chi connectivity index (χ2n) is 5.21. The van der Waals surface area contributed by atoms with E-state index in [1.807, 2.05) is 0 Å². The maximum atomic E-state index is 12.2. The molecule has 0 spiro atoms. The van der Waals surface area contributed by atoms with E-state index in [9.17, 15) is 10.1 Å². The number of carbonyl (C=O) groups is 1. The van der Waals surface area contributed by atoms with Gasteiger partial charge >= 0.3 is 0 Å². The number of fused-ring (bicyclic) bond motifs is 1. The van der Waals surface area contributed by atoms with Gasteiger partial charge in [0, 0.05) is 11.4 Å². The highest BCUT2D eigenvalue weighted by Crippen LogP contribution is 2.38. The largest absolute Gasteiger partial charge is 0.316 e. The van der Waals surface area contributed by atoms with Crippen molar-refractivity contribution in [2.45, 2.75) is 32.1 Å². The summed E-state index contributed by atoms with van der Waals surface area (Å²) in [6, 6.07) is 2.26. The number of amides is 1. The molecule has 4 nitrogen and oxygen atoms in total. The molecule has 1 atom stereocenters. The van der Waals surface area contributed by atoms with Gasteiger partial charge in [-0.25, -0.2) is 0 Å². The van der Waals surface area contributed by atoms with Gasteiger partial charge in [0.15, 0.2) is 0 Å². The first-order valence-electron chi connectivity index (χ1n) is 6.86. The Balaban J connectivity index is 1.76. The Morgan fingerprint density at radius 3 is 3.05 bits per heavy atom. The van der Waals surface area contributed by atoms with Crippen molar-refractivity contribution in [3.63, 3.8) is 0 Å². The molecule has 1 aromatic rings. The van der Waals surface area contributed by atoms with E-state index < -0.39 is 0 Å². The van der Waals surface area contributed by atoms with Crippen molar-refractivity contribution >= 4 is 22.2 Å². The van der Waals surface area contributed by atoms with Crippen molar-refractivity contribution in [1.29, 1.82) is 5.26 Å². The third-order valence-corrected chi connectivity index (χ3v) is 5.14. The van der Waals surface area contributed by atoms with Gasteiger partial charge in [0.25, 0.3) is 0 Å². The van der Waals surface area contributed by atoms with E-state index in [1.54, 1.807) is 11.3 Å². The molecule has 1 aromatic heterocycles. The summed E-state index contributed by atoms with van der Waals surface area (Å²) in [6.45, 7) is 1.75. The van der Waals surface area contributed by atoms with Gasteiger partial charge in [-0.05, 0) is 44.2 Å². The second-order valence-corrected chi connectivity index (χ2v) is 6.31. The average molecular weight is 275 g/mol. The number of nitrogens with zero attached hydrogens (tertiary/aromatic N) is 1. The zero-order chi connectivity index (χ0) is 13.2. The highest BCUT2D eigenvalue weighted by atomic mass is 32.1. The molecule has 1 fully saturated rings. The number of hydrogen-bond donors (Lipinski definition) is 2. The SMILES string of the molecule is N#Cc1c(NC(=O)[C@@H]2CCCNC2)sc2c1CCC2. The van der Waals surface area contributed by atoms with Gasteiger partial charge in [-0.1, -0.05) is 0 Å². The Morgan fingerprint density at radius 2 is 2.32 bits per heavy atom. The summed E-state index contributed by atoms with van der Waals surface area (Å²) in [5.74, 6) is 0.0980. The second kappa shape index (κ2) is 5.32. The summed E-state index contributed by atoms with van der Waals surface area (Å²) in [7, 11) is 0. The standard InChI is InChI=1S/C14H17N3OS/c15-7-11-10-4-1-5-12(10)19-14(11)17-13(18)9-3-2-6-16-8-9/h9,16H,1-6,8H2,(H,17,18)/t9-/m1/s1. The van der Waals surface area contributed by atoms with Crippen LogP contribution in [0.3, 0.4) is 0 Å². The lowest BCUT2D eigenvalue weighted by atomic mass is 9.99. The fraction of sp³-hybridized carbons (Fsp3) is 0.571. The normalized spacial score (nSPS) is 21.7. The van der Waals surface area contributed by atoms with Gasteiger partial charge in [0.1, 0.15) is 11.1 Å². The summed E-state index contributed by atoms with van der Waals surface area (Å²) >= 11 is 1.59. The summed E-state index contributed by atoms with van der Waals surface area (Å²) in [4.78, 5) is 13.5.